The first-order valence-electron chi connectivity index (χ1n) is 7.52. The lowest BCUT2D eigenvalue weighted by atomic mass is 10.1. The van der Waals surface area contributed by atoms with E-state index in [4.69, 9.17) is 5.73 Å². The molecule has 22 heavy (non-hydrogen) atoms. The van der Waals surface area contributed by atoms with Crippen LogP contribution < -0.4 is 5.73 Å². The molecule has 0 bridgehead atoms. The Bertz CT molecular complexity index is 716. The summed E-state index contributed by atoms with van der Waals surface area (Å²) in [6, 6.07) is 3.46. The van der Waals surface area contributed by atoms with Crippen LogP contribution in [0.15, 0.2) is 29.0 Å². The highest BCUT2D eigenvalue weighted by atomic mass is 79.9. The quantitative estimate of drug-likeness (QED) is 0.909. The van der Waals surface area contributed by atoms with E-state index < -0.39 is 5.91 Å². The van der Waals surface area contributed by atoms with Crippen molar-refractivity contribution in [3.8, 4) is 0 Å². The van der Waals surface area contributed by atoms with Crippen LogP contribution in [-0.4, -0.2) is 40.1 Å². The average molecular weight is 363 g/mol. The fourth-order valence-corrected chi connectivity index (χ4v) is 3.31. The van der Waals surface area contributed by atoms with Crippen LogP contribution in [0.1, 0.15) is 35.2 Å². The van der Waals surface area contributed by atoms with Gasteiger partial charge in [0.2, 0.25) is 5.91 Å². The number of fused-ring (bicyclic) bond motifs is 1. The lowest BCUT2D eigenvalue weighted by Crippen LogP contribution is -2.29. The van der Waals surface area contributed by atoms with E-state index in [0.717, 1.165) is 22.2 Å². The smallest absolute Gasteiger partial charge is 0.248 e. The highest BCUT2D eigenvalue weighted by Gasteiger charge is 2.11. The van der Waals surface area contributed by atoms with Crippen molar-refractivity contribution in [1.29, 1.82) is 0 Å². The Labute approximate surface area is 137 Å². The molecule has 0 atom stereocenters. The monoisotopic (exact) mass is 362 g/mol. The number of halogens is 1. The number of amides is 1. The molecule has 3 rings (SSSR count). The third kappa shape index (κ3) is 3.23. The van der Waals surface area contributed by atoms with Gasteiger partial charge in [0.1, 0.15) is 4.60 Å². The van der Waals surface area contributed by atoms with Crippen LogP contribution in [0.2, 0.25) is 0 Å². The number of aromatic nitrogens is 2. The topological polar surface area (TPSA) is 63.6 Å². The lowest BCUT2D eigenvalue weighted by molar-refractivity contribution is 0.100. The molecule has 1 fully saturated rings. The second-order valence-electron chi connectivity index (χ2n) is 5.58. The van der Waals surface area contributed by atoms with Crippen molar-refractivity contribution in [2.75, 3.05) is 19.6 Å². The summed E-state index contributed by atoms with van der Waals surface area (Å²) in [6.07, 6.45) is 9.89. The number of rotatable bonds is 4. The number of carbonyl (C=O) groups is 1. The summed E-state index contributed by atoms with van der Waals surface area (Å²) in [5.74, 6) is -0.428. The van der Waals surface area contributed by atoms with E-state index in [9.17, 15) is 4.79 Å². The number of primary amides is 1. The molecule has 0 aromatic carbocycles. The van der Waals surface area contributed by atoms with E-state index in [1.54, 1.807) is 22.8 Å². The Morgan fingerprint density at radius 2 is 2.14 bits per heavy atom. The van der Waals surface area contributed by atoms with Gasteiger partial charge in [-0.1, -0.05) is 18.6 Å². The molecular weight excluding hydrogens is 344 g/mol. The normalized spacial score (nSPS) is 16.6. The maximum Gasteiger partial charge on any atom is 0.248 e. The SMILES string of the molecule is NC(=O)c1ccn2nc(Br)c(/C=C/CN3CCCCC3)c2c1. The summed E-state index contributed by atoms with van der Waals surface area (Å²) in [5.41, 5.74) is 7.69. The summed E-state index contributed by atoms with van der Waals surface area (Å²) in [5, 5.41) is 4.40. The molecule has 0 radical (unpaired) electrons. The number of piperidine rings is 1. The summed E-state index contributed by atoms with van der Waals surface area (Å²) in [6.45, 7) is 3.29. The standard InChI is InChI=1S/C16H19BrN4O/c17-15-13(5-4-9-20-7-2-1-3-8-20)14-11-12(16(18)22)6-10-21(14)19-15/h4-6,10-11H,1-3,7-9H2,(H2,18,22)/b5-4+. The number of hydrogen-bond donors (Lipinski definition) is 1. The van der Waals surface area contributed by atoms with Crippen LogP contribution >= 0.6 is 15.9 Å². The van der Waals surface area contributed by atoms with Crippen molar-refractivity contribution in [3.63, 3.8) is 0 Å². The first kappa shape index (κ1) is 15.2. The van der Waals surface area contributed by atoms with Gasteiger partial charge >= 0.3 is 0 Å². The van der Waals surface area contributed by atoms with Crippen LogP contribution in [0.5, 0.6) is 0 Å². The van der Waals surface area contributed by atoms with E-state index >= 15 is 0 Å². The Hall–Kier alpha value is -1.66. The molecule has 0 spiro atoms. The maximum atomic E-state index is 11.3. The van der Waals surface area contributed by atoms with Crippen molar-refractivity contribution < 1.29 is 4.79 Å². The Morgan fingerprint density at radius 3 is 2.86 bits per heavy atom. The van der Waals surface area contributed by atoms with E-state index in [1.807, 2.05) is 0 Å². The highest BCUT2D eigenvalue weighted by molar-refractivity contribution is 9.10. The van der Waals surface area contributed by atoms with Crippen LogP contribution in [-0.2, 0) is 0 Å². The largest absolute Gasteiger partial charge is 0.366 e. The number of pyridine rings is 1. The third-order valence-corrected chi connectivity index (χ3v) is 4.60. The van der Waals surface area contributed by atoms with Gasteiger partial charge in [0, 0.05) is 23.9 Å². The second kappa shape index (κ2) is 6.62. The van der Waals surface area contributed by atoms with Gasteiger partial charge in [0.15, 0.2) is 0 Å². The van der Waals surface area contributed by atoms with Gasteiger partial charge in [-0.15, -0.1) is 0 Å². The molecule has 116 valence electrons. The van der Waals surface area contributed by atoms with Crippen molar-refractivity contribution in [1.82, 2.24) is 14.5 Å². The van der Waals surface area contributed by atoms with Crippen LogP contribution in [0, 0.1) is 0 Å². The molecule has 5 nitrogen and oxygen atoms in total. The van der Waals surface area contributed by atoms with Gasteiger partial charge in [0.05, 0.1) is 5.52 Å². The Balaban J connectivity index is 1.83. The number of likely N-dealkylation sites (tertiary alicyclic amines) is 1. The minimum Gasteiger partial charge on any atom is -0.366 e. The van der Waals surface area contributed by atoms with Crippen molar-refractivity contribution in [3.05, 3.63) is 40.1 Å². The predicted octanol–water partition coefficient (Wildman–Crippen LogP) is 2.69. The molecule has 2 aromatic rings. The zero-order chi connectivity index (χ0) is 15.5. The number of nitrogens with zero attached hydrogens (tertiary/aromatic N) is 3. The van der Waals surface area contributed by atoms with E-state index in [-0.39, 0.29) is 0 Å². The van der Waals surface area contributed by atoms with E-state index in [2.05, 4.69) is 38.1 Å². The fraction of sp³-hybridized carbons (Fsp3) is 0.375. The van der Waals surface area contributed by atoms with E-state index in [0.29, 0.717) is 5.56 Å². The zero-order valence-corrected chi connectivity index (χ0v) is 13.9. The molecule has 3 heterocycles. The molecule has 1 amide bonds. The number of hydrogen-bond acceptors (Lipinski definition) is 3. The van der Waals surface area contributed by atoms with Gasteiger partial charge < -0.3 is 5.73 Å². The summed E-state index contributed by atoms with van der Waals surface area (Å²) < 4.78 is 2.51. The molecule has 0 unspecified atom stereocenters. The first-order chi connectivity index (χ1) is 10.6. The Kier molecular flexibility index (Phi) is 4.59. The second-order valence-corrected chi connectivity index (χ2v) is 6.33. The molecule has 1 saturated heterocycles. The van der Waals surface area contributed by atoms with Crippen LogP contribution in [0.4, 0.5) is 0 Å². The first-order valence-corrected chi connectivity index (χ1v) is 8.31. The van der Waals surface area contributed by atoms with Crippen molar-refractivity contribution in [2.45, 2.75) is 19.3 Å². The minimum absolute atomic E-state index is 0.428. The molecule has 1 aliphatic heterocycles. The van der Waals surface area contributed by atoms with Gasteiger partial charge in [-0.3, -0.25) is 9.69 Å². The summed E-state index contributed by atoms with van der Waals surface area (Å²) in [7, 11) is 0. The number of nitrogens with two attached hydrogens (primary N) is 1. The van der Waals surface area contributed by atoms with Gasteiger partial charge in [-0.25, -0.2) is 4.52 Å². The zero-order valence-electron chi connectivity index (χ0n) is 12.3. The molecule has 2 N–H and O–H groups in total. The van der Waals surface area contributed by atoms with Crippen LogP contribution in [0.3, 0.4) is 0 Å². The molecular formula is C16H19BrN4O. The third-order valence-electron chi connectivity index (χ3n) is 4.01. The average Bonchev–Trinajstić information content (AvgIpc) is 2.83. The molecule has 6 heteroatoms. The summed E-state index contributed by atoms with van der Waals surface area (Å²) in [4.78, 5) is 13.8. The molecule has 0 aliphatic carbocycles. The minimum atomic E-state index is -0.428. The highest BCUT2D eigenvalue weighted by Crippen LogP contribution is 2.23. The fourth-order valence-electron chi connectivity index (χ4n) is 2.80. The van der Waals surface area contributed by atoms with Crippen molar-refractivity contribution in [2.24, 2.45) is 5.73 Å². The predicted molar refractivity (Wildman–Crippen MR) is 90.7 cm³/mol. The van der Waals surface area contributed by atoms with Crippen LogP contribution in [0.25, 0.3) is 11.6 Å². The molecule has 1 aliphatic rings. The lowest BCUT2D eigenvalue weighted by Gasteiger charge is -2.24. The Morgan fingerprint density at radius 1 is 1.36 bits per heavy atom. The summed E-state index contributed by atoms with van der Waals surface area (Å²) >= 11 is 3.48. The maximum absolute atomic E-state index is 11.3. The number of carbonyl (C=O) groups excluding carboxylic acids is 1. The molecule has 0 saturated carbocycles. The van der Waals surface area contributed by atoms with Crippen molar-refractivity contribution >= 4 is 33.4 Å². The van der Waals surface area contributed by atoms with E-state index in [1.165, 1.54) is 32.4 Å². The van der Waals surface area contributed by atoms with Gasteiger partial charge in [-0.05, 0) is 54.0 Å². The van der Waals surface area contributed by atoms with Gasteiger partial charge in [-0.2, -0.15) is 5.10 Å². The molecule has 2 aromatic heterocycles. The van der Waals surface area contributed by atoms with Gasteiger partial charge in [0.25, 0.3) is 0 Å².